The Balaban J connectivity index is 2.06. The SMILES string of the molecule is CCN(C)c1ccccc1NC(=O)N1CCCC(C(C)O)C1. The lowest BCUT2D eigenvalue weighted by Gasteiger charge is -2.34. The van der Waals surface area contributed by atoms with Gasteiger partial charge in [0, 0.05) is 32.6 Å². The first-order chi connectivity index (χ1) is 10.5. The maximum atomic E-state index is 12.5. The van der Waals surface area contributed by atoms with Crippen molar-refractivity contribution in [2.24, 2.45) is 5.92 Å². The first-order valence-electron chi connectivity index (χ1n) is 8.07. The van der Waals surface area contributed by atoms with E-state index in [4.69, 9.17) is 0 Å². The lowest BCUT2D eigenvalue weighted by atomic mass is 9.94. The van der Waals surface area contributed by atoms with Gasteiger partial charge in [0.2, 0.25) is 0 Å². The van der Waals surface area contributed by atoms with Gasteiger partial charge in [0.05, 0.1) is 17.5 Å². The van der Waals surface area contributed by atoms with Crippen LogP contribution in [0.4, 0.5) is 16.2 Å². The van der Waals surface area contributed by atoms with Gasteiger partial charge in [-0.2, -0.15) is 0 Å². The van der Waals surface area contributed by atoms with Crippen LogP contribution in [0.2, 0.25) is 0 Å². The van der Waals surface area contributed by atoms with Crippen molar-refractivity contribution in [3.05, 3.63) is 24.3 Å². The number of hydrogen-bond donors (Lipinski definition) is 2. The van der Waals surface area contributed by atoms with Crippen molar-refractivity contribution in [2.45, 2.75) is 32.8 Å². The van der Waals surface area contributed by atoms with E-state index in [9.17, 15) is 9.90 Å². The van der Waals surface area contributed by atoms with Crippen molar-refractivity contribution < 1.29 is 9.90 Å². The molecule has 2 atom stereocenters. The highest BCUT2D eigenvalue weighted by Gasteiger charge is 2.26. The molecule has 0 aliphatic carbocycles. The molecular weight excluding hydrogens is 278 g/mol. The summed E-state index contributed by atoms with van der Waals surface area (Å²) in [7, 11) is 2.01. The lowest BCUT2D eigenvalue weighted by molar-refractivity contribution is 0.0766. The molecule has 0 spiro atoms. The Morgan fingerprint density at radius 2 is 2.23 bits per heavy atom. The minimum Gasteiger partial charge on any atom is -0.393 e. The van der Waals surface area contributed by atoms with Crippen LogP contribution in [0.5, 0.6) is 0 Å². The third kappa shape index (κ3) is 3.91. The largest absolute Gasteiger partial charge is 0.393 e. The standard InChI is InChI=1S/C17H27N3O2/c1-4-19(3)16-10-6-5-9-15(16)18-17(22)20-11-7-8-14(12-20)13(2)21/h5-6,9-10,13-14,21H,4,7-8,11-12H2,1-3H3,(H,18,22). The Hall–Kier alpha value is -1.75. The summed E-state index contributed by atoms with van der Waals surface area (Å²) < 4.78 is 0. The van der Waals surface area contributed by atoms with Gasteiger partial charge >= 0.3 is 6.03 Å². The molecule has 1 heterocycles. The Kier molecular flexibility index (Phi) is 5.66. The number of carbonyl (C=O) groups is 1. The first-order valence-corrected chi connectivity index (χ1v) is 8.07. The van der Waals surface area contributed by atoms with Gasteiger partial charge < -0.3 is 20.2 Å². The van der Waals surface area contributed by atoms with Crippen molar-refractivity contribution in [3.63, 3.8) is 0 Å². The van der Waals surface area contributed by atoms with E-state index in [1.165, 1.54) is 0 Å². The number of aliphatic hydroxyl groups is 1. The fourth-order valence-electron chi connectivity index (χ4n) is 2.87. The third-order valence-corrected chi connectivity index (χ3v) is 4.46. The molecule has 0 bridgehead atoms. The first kappa shape index (κ1) is 16.6. The second-order valence-corrected chi connectivity index (χ2v) is 6.05. The van der Waals surface area contributed by atoms with Gasteiger partial charge in [0.1, 0.15) is 0 Å². The van der Waals surface area contributed by atoms with E-state index in [0.717, 1.165) is 37.3 Å². The number of piperidine rings is 1. The minimum absolute atomic E-state index is 0.0812. The molecule has 0 radical (unpaired) electrons. The number of aliphatic hydroxyl groups excluding tert-OH is 1. The van der Waals surface area contributed by atoms with Gasteiger partial charge in [-0.1, -0.05) is 12.1 Å². The van der Waals surface area contributed by atoms with E-state index in [2.05, 4.69) is 17.1 Å². The molecule has 2 amide bonds. The van der Waals surface area contributed by atoms with E-state index < -0.39 is 0 Å². The molecular formula is C17H27N3O2. The van der Waals surface area contributed by atoms with Crippen molar-refractivity contribution in [2.75, 3.05) is 36.9 Å². The fourth-order valence-corrected chi connectivity index (χ4v) is 2.87. The van der Waals surface area contributed by atoms with E-state index in [1.807, 2.05) is 36.2 Å². The normalized spacial score (nSPS) is 19.6. The summed E-state index contributed by atoms with van der Waals surface area (Å²) >= 11 is 0. The van der Waals surface area contributed by atoms with Crippen molar-refractivity contribution in [1.29, 1.82) is 0 Å². The molecule has 0 saturated carbocycles. The zero-order valence-corrected chi connectivity index (χ0v) is 13.7. The summed E-state index contributed by atoms with van der Waals surface area (Å²) in [6, 6.07) is 7.75. The Morgan fingerprint density at radius 3 is 2.91 bits per heavy atom. The summed E-state index contributed by atoms with van der Waals surface area (Å²) in [5.74, 6) is 0.174. The van der Waals surface area contributed by atoms with Crippen LogP contribution in [-0.4, -0.2) is 48.8 Å². The molecule has 5 heteroatoms. The number of benzene rings is 1. The van der Waals surface area contributed by atoms with Crippen LogP contribution in [0, 0.1) is 5.92 Å². The molecule has 22 heavy (non-hydrogen) atoms. The molecule has 2 unspecified atom stereocenters. The van der Waals surface area contributed by atoms with Crippen LogP contribution >= 0.6 is 0 Å². The summed E-state index contributed by atoms with van der Waals surface area (Å²) in [4.78, 5) is 16.4. The molecule has 2 N–H and O–H groups in total. The zero-order valence-electron chi connectivity index (χ0n) is 13.7. The monoisotopic (exact) mass is 305 g/mol. The summed E-state index contributed by atoms with van der Waals surface area (Å²) in [6.07, 6.45) is 1.56. The predicted molar refractivity (Wildman–Crippen MR) is 90.4 cm³/mol. The predicted octanol–water partition coefficient (Wildman–Crippen LogP) is 2.77. The van der Waals surface area contributed by atoms with E-state index in [-0.39, 0.29) is 18.1 Å². The Morgan fingerprint density at radius 1 is 1.50 bits per heavy atom. The van der Waals surface area contributed by atoms with Gasteiger partial charge in [-0.3, -0.25) is 0 Å². The molecule has 5 nitrogen and oxygen atoms in total. The Labute approximate surface area is 132 Å². The highest BCUT2D eigenvalue weighted by molar-refractivity contribution is 5.93. The van der Waals surface area contributed by atoms with Gasteiger partial charge in [-0.25, -0.2) is 4.79 Å². The van der Waals surface area contributed by atoms with Crippen LogP contribution in [0.1, 0.15) is 26.7 Å². The quantitative estimate of drug-likeness (QED) is 0.899. The molecule has 1 fully saturated rings. The number of likely N-dealkylation sites (tertiary alicyclic amines) is 1. The van der Waals surface area contributed by atoms with Crippen molar-refractivity contribution in [3.8, 4) is 0 Å². The highest BCUT2D eigenvalue weighted by atomic mass is 16.3. The number of nitrogens with one attached hydrogen (secondary N) is 1. The summed E-state index contributed by atoms with van der Waals surface area (Å²) in [5, 5.41) is 12.8. The van der Waals surface area contributed by atoms with E-state index in [0.29, 0.717) is 6.54 Å². The number of nitrogens with zero attached hydrogens (tertiary/aromatic N) is 2. The summed E-state index contributed by atoms with van der Waals surface area (Å²) in [6.45, 7) is 6.13. The maximum Gasteiger partial charge on any atom is 0.321 e. The van der Waals surface area contributed by atoms with Crippen LogP contribution in [0.3, 0.4) is 0 Å². The van der Waals surface area contributed by atoms with E-state index in [1.54, 1.807) is 6.92 Å². The van der Waals surface area contributed by atoms with Crippen LogP contribution < -0.4 is 10.2 Å². The van der Waals surface area contributed by atoms with Gasteiger partial charge in [-0.15, -0.1) is 0 Å². The number of anilines is 2. The Bertz CT molecular complexity index is 504. The minimum atomic E-state index is -0.367. The molecule has 0 aromatic heterocycles. The highest BCUT2D eigenvalue weighted by Crippen LogP contribution is 2.26. The van der Waals surface area contributed by atoms with Gasteiger partial charge in [0.15, 0.2) is 0 Å². The number of hydrogen-bond acceptors (Lipinski definition) is 3. The smallest absolute Gasteiger partial charge is 0.321 e. The average molecular weight is 305 g/mol. The van der Waals surface area contributed by atoms with Crippen LogP contribution in [-0.2, 0) is 0 Å². The van der Waals surface area contributed by atoms with E-state index >= 15 is 0 Å². The molecule has 1 aromatic rings. The fraction of sp³-hybridized carbons (Fsp3) is 0.588. The second-order valence-electron chi connectivity index (χ2n) is 6.05. The molecule has 1 aliphatic heterocycles. The number of amides is 2. The number of para-hydroxylation sites is 2. The number of rotatable bonds is 4. The van der Waals surface area contributed by atoms with Crippen LogP contribution in [0.25, 0.3) is 0 Å². The average Bonchev–Trinajstić information content (AvgIpc) is 2.54. The second kappa shape index (κ2) is 7.49. The molecule has 1 aliphatic rings. The molecule has 1 saturated heterocycles. The summed E-state index contributed by atoms with van der Waals surface area (Å²) in [5.41, 5.74) is 1.85. The molecule has 2 rings (SSSR count). The zero-order chi connectivity index (χ0) is 16.1. The lowest BCUT2D eigenvalue weighted by Crippen LogP contribution is -2.45. The van der Waals surface area contributed by atoms with Gasteiger partial charge in [0.25, 0.3) is 0 Å². The van der Waals surface area contributed by atoms with Crippen molar-refractivity contribution in [1.82, 2.24) is 4.90 Å². The molecule has 122 valence electrons. The van der Waals surface area contributed by atoms with Crippen molar-refractivity contribution >= 4 is 17.4 Å². The molecule has 1 aromatic carbocycles. The third-order valence-electron chi connectivity index (χ3n) is 4.46. The van der Waals surface area contributed by atoms with Crippen LogP contribution in [0.15, 0.2) is 24.3 Å². The number of carbonyl (C=O) groups excluding carboxylic acids is 1. The maximum absolute atomic E-state index is 12.5. The topological polar surface area (TPSA) is 55.8 Å². The number of urea groups is 1. The van der Waals surface area contributed by atoms with Gasteiger partial charge in [-0.05, 0) is 38.8 Å².